The summed E-state index contributed by atoms with van der Waals surface area (Å²) in [6.07, 6.45) is 5.22. The summed E-state index contributed by atoms with van der Waals surface area (Å²) >= 11 is 0. The molecule has 2 aliphatic rings. The SMILES string of the molecule is c1ccc(COCC2CNCC3(CCCC3)O2)cc1. The Morgan fingerprint density at radius 1 is 1.21 bits per heavy atom. The molecule has 1 heterocycles. The zero-order valence-electron chi connectivity index (χ0n) is 11.4. The van der Waals surface area contributed by atoms with Gasteiger partial charge in [-0.25, -0.2) is 0 Å². The van der Waals surface area contributed by atoms with Crippen LogP contribution in [-0.4, -0.2) is 31.4 Å². The molecule has 0 aromatic heterocycles. The Hall–Kier alpha value is -0.900. The van der Waals surface area contributed by atoms with Crippen molar-refractivity contribution in [3.8, 4) is 0 Å². The van der Waals surface area contributed by atoms with Gasteiger partial charge in [-0.15, -0.1) is 0 Å². The molecule has 1 N–H and O–H groups in total. The van der Waals surface area contributed by atoms with E-state index in [0.717, 1.165) is 13.1 Å². The summed E-state index contributed by atoms with van der Waals surface area (Å²) in [4.78, 5) is 0. The predicted molar refractivity (Wildman–Crippen MR) is 75.0 cm³/mol. The van der Waals surface area contributed by atoms with Gasteiger partial charge >= 0.3 is 0 Å². The smallest absolute Gasteiger partial charge is 0.0940 e. The Bertz CT molecular complexity index is 387. The standard InChI is InChI=1S/C16H23NO2/c1-2-6-14(7-3-1)11-18-12-15-10-17-13-16(19-15)8-4-5-9-16/h1-3,6-7,15,17H,4-5,8-13H2. The van der Waals surface area contributed by atoms with Crippen LogP contribution in [0.3, 0.4) is 0 Å². The summed E-state index contributed by atoms with van der Waals surface area (Å²) in [5, 5.41) is 3.51. The number of rotatable bonds is 4. The summed E-state index contributed by atoms with van der Waals surface area (Å²) in [5.74, 6) is 0. The van der Waals surface area contributed by atoms with Crippen LogP contribution in [0.5, 0.6) is 0 Å². The van der Waals surface area contributed by atoms with Gasteiger partial charge in [0.1, 0.15) is 0 Å². The Balaban J connectivity index is 1.45. The third-order valence-electron chi connectivity index (χ3n) is 4.17. The maximum Gasteiger partial charge on any atom is 0.0940 e. The lowest BCUT2D eigenvalue weighted by Gasteiger charge is -2.39. The molecular formula is C16H23NO2. The van der Waals surface area contributed by atoms with Gasteiger partial charge < -0.3 is 14.8 Å². The van der Waals surface area contributed by atoms with Crippen molar-refractivity contribution in [2.45, 2.75) is 44.0 Å². The van der Waals surface area contributed by atoms with E-state index in [1.54, 1.807) is 0 Å². The molecule has 2 fully saturated rings. The molecule has 3 heteroatoms. The van der Waals surface area contributed by atoms with Crippen molar-refractivity contribution < 1.29 is 9.47 Å². The van der Waals surface area contributed by atoms with E-state index in [1.807, 2.05) is 18.2 Å². The highest BCUT2D eigenvalue weighted by molar-refractivity contribution is 5.13. The minimum absolute atomic E-state index is 0.110. The third kappa shape index (κ3) is 3.35. The molecule has 3 nitrogen and oxygen atoms in total. The predicted octanol–water partition coefficient (Wildman–Crippen LogP) is 2.50. The second kappa shape index (κ2) is 6.04. The normalized spacial score (nSPS) is 25.8. The van der Waals surface area contributed by atoms with Crippen LogP contribution in [0.1, 0.15) is 31.2 Å². The van der Waals surface area contributed by atoms with Crippen molar-refractivity contribution in [3.63, 3.8) is 0 Å². The van der Waals surface area contributed by atoms with Gasteiger partial charge in [-0.05, 0) is 18.4 Å². The topological polar surface area (TPSA) is 30.5 Å². The number of benzene rings is 1. The van der Waals surface area contributed by atoms with Gasteiger partial charge in [0.2, 0.25) is 0 Å². The van der Waals surface area contributed by atoms with Crippen LogP contribution in [0.4, 0.5) is 0 Å². The molecule has 1 aromatic carbocycles. The summed E-state index contributed by atoms with van der Waals surface area (Å²) < 4.78 is 12.1. The van der Waals surface area contributed by atoms with Crippen LogP contribution < -0.4 is 5.32 Å². The fourth-order valence-corrected chi connectivity index (χ4v) is 3.19. The molecular weight excluding hydrogens is 238 g/mol. The van der Waals surface area contributed by atoms with Crippen molar-refractivity contribution >= 4 is 0 Å². The second-order valence-electron chi connectivity index (χ2n) is 5.76. The molecule has 3 rings (SSSR count). The zero-order valence-corrected chi connectivity index (χ0v) is 11.4. The summed E-state index contributed by atoms with van der Waals surface area (Å²) in [7, 11) is 0. The van der Waals surface area contributed by atoms with Crippen molar-refractivity contribution in [1.29, 1.82) is 0 Å². The van der Waals surface area contributed by atoms with E-state index >= 15 is 0 Å². The van der Waals surface area contributed by atoms with E-state index in [9.17, 15) is 0 Å². The van der Waals surface area contributed by atoms with Gasteiger partial charge in [0.05, 0.1) is 24.9 Å². The molecule has 1 spiro atoms. The monoisotopic (exact) mass is 261 g/mol. The molecule has 1 atom stereocenters. The molecule has 1 saturated heterocycles. The Morgan fingerprint density at radius 3 is 2.79 bits per heavy atom. The third-order valence-corrected chi connectivity index (χ3v) is 4.17. The first-order chi connectivity index (χ1) is 9.36. The average Bonchev–Trinajstić information content (AvgIpc) is 2.88. The van der Waals surface area contributed by atoms with Crippen LogP contribution in [-0.2, 0) is 16.1 Å². The average molecular weight is 261 g/mol. The number of nitrogens with one attached hydrogen (secondary N) is 1. The van der Waals surface area contributed by atoms with Gasteiger partial charge in [0, 0.05) is 13.1 Å². The number of morpholine rings is 1. The van der Waals surface area contributed by atoms with Gasteiger partial charge in [-0.2, -0.15) is 0 Å². The van der Waals surface area contributed by atoms with E-state index in [4.69, 9.17) is 9.47 Å². The lowest BCUT2D eigenvalue weighted by atomic mass is 10.00. The number of hydrogen-bond donors (Lipinski definition) is 1. The molecule has 1 saturated carbocycles. The number of hydrogen-bond acceptors (Lipinski definition) is 3. The van der Waals surface area contributed by atoms with E-state index in [0.29, 0.717) is 13.2 Å². The lowest BCUT2D eigenvalue weighted by Crippen LogP contribution is -2.53. The van der Waals surface area contributed by atoms with Crippen LogP contribution >= 0.6 is 0 Å². The molecule has 104 valence electrons. The molecule has 1 aromatic rings. The second-order valence-corrected chi connectivity index (χ2v) is 5.76. The van der Waals surface area contributed by atoms with Gasteiger partial charge in [0.25, 0.3) is 0 Å². The molecule has 19 heavy (non-hydrogen) atoms. The van der Waals surface area contributed by atoms with Crippen molar-refractivity contribution in [2.75, 3.05) is 19.7 Å². The van der Waals surface area contributed by atoms with Crippen molar-refractivity contribution in [1.82, 2.24) is 5.32 Å². The molecule has 1 aliphatic carbocycles. The highest BCUT2D eigenvalue weighted by Gasteiger charge is 2.39. The summed E-state index contributed by atoms with van der Waals surface area (Å²) in [6, 6.07) is 10.3. The van der Waals surface area contributed by atoms with E-state index in [-0.39, 0.29) is 11.7 Å². The van der Waals surface area contributed by atoms with Crippen LogP contribution in [0, 0.1) is 0 Å². The van der Waals surface area contributed by atoms with E-state index < -0.39 is 0 Å². The molecule has 0 amide bonds. The molecule has 1 unspecified atom stereocenters. The fraction of sp³-hybridized carbons (Fsp3) is 0.625. The minimum Gasteiger partial charge on any atom is -0.374 e. The van der Waals surface area contributed by atoms with E-state index in [2.05, 4.69) is 17.4 Å². The first kappa shape index (κ1) is 13.1. The zero-order chi connectivity index (χ0) is 13.0. The van der Waals surface area contributed by atoms with Crippen LogP contribution in [0.25, 0.3) is 0 Å². The summed E-state index contributed by atoms with van der Waals surface area (Å²) in [6.45, 7) is 3.29. The fourth-order valence-electron chi connectivity index (χ4n) is 3.19. The Morgan fingerprint density at radius 2 is 2.00 bits per heavy atom. The van der Waals surface area contributed by atoms with Crippen LogP contribution in [0.2, 0.25) is 0 Å². The first-order valence-corrected chi connectivity index (χ1v) is 7.37. The molecule has 0 radical (unpaired) electrons. The van der Waals surface area contributed by atoms with Gasteiger partial charge in [-0.3, -0.25) is 0 Å². The largest absolute Gasteiger partial charge is 0.374 e. The minimum atomic E-state index is 0.110. The molecule has 1 aliphatic heterocycles. The quantitative estimate of drug-likeness (QED) is 0.903. The van der Waals surface area contributed by atoms with Crippen molar-refractivity contribution in [3.05, 3.63) is 35.9 Å². The Labute approximate surface area is 115 Å². The van der Waals surface area contributed by atoms with E-state index in [1.165, 1.54) is 31.2 Å². The van der Waals surface area contributed by atoms with Crippen LogP contribution in [0.15, 0.2) is 30.3 Å². The summed E-state index contributed by atoms with van der Waals surface area (Å²) in [5.41, 5.74) is 1.33. The maximum absolute atomic E-state index is 6.29. The lowest BCUT2D eigenvalue weighted by molar-refractivity contribution is -0.136. The molecule has 0 bridgehead atoms. The highest BCUT2D eigenvalue weighted by atomic mass is 16.5. The van der Waals surface area contributed by atoms with Gasteiger partial charge in [0.15, 0.2) is 0 Å². The highest BCUT2D eigenvalue weighted by Crippen LogP contribution is 2.35. The van der Waals surface area contributed by atoms with Gasteiger partial charge in [-0.1, -0.05) is 43.2 Å². The number of ether oxygens (including phenoxy) is 2. The first-order valence-electron chi connectivity index (χ1n) is 7.37. The Kier molecular flexibility index (Phi) is 4.16. The van der Waals surface area contributed by atoms with Crippen molar-refractivity contribution in [2.24, 2.45) is 0 Å². The maximum atomic E-state index is 6.29.